The number of nitro benzene ring substituents is 1. The molecule has 0 fully saturated rings. The molecular weight excluding hydrogens is 323 g/mol. The van der Waals surface area contributed by atoms with Crippen molar-refractivity contribution in [3.63, 3.8) is 0 Å². The van der Waals surface area contributed by atoms with Crippen LogP contribution in [0.5, 0.6) is 0 Å². The predicted octanol–water partition coefficient (Wildman–Crippen LogP) is 3.08. The maximum absolute atomic E-state index is 12.9. The zero-order valence-corrected chi connectivity index (χ0v) is 13.3. The molecule has 2 aromatic carbocycles. The minimum atomic E-state index is -3.95. The van der Waals surface area contributed by atoms with Crippen LogP contribution >= 0.6 is 0 Å². The first-order valence-electron chi connectivity index (χ1n) is 6.73. The largest absolute Gasteiger partial charge is 0.270 e. The van der Waals surface area contributed by atoms with Crippen LogP contribution in [-0.2, 0) is 10.0 Å². The zero-order valence-electron chi connectivity index (χ0n) is 12.5. The van der Waals surface area contributed by atoms with Crippen LogP contribution in [0.1, 0.15) is 24.1 Å². The monoisotopic (exact) mass is 338 g/mol. The molecule has 0 saturated heterocycles. The number of nitrogens with one attached hydrogen (secondary N) is 1. The van der Waals surface area contributed by atoms with Gasteiger partial charge in [0, 0.05) is 18.2 Å². The van der Waals surface area contributed by atoms with E-state index in [0.717, 1.165) is 6.07 Å². The van der Waals surface area contributed by atoms with Gasteiger partial charge in [-0.2, -0.15) is 0 Å². The number of hydrogen-bond donors (Lipinski definition) is 1. The van der Waals surface area contributed by atoms with Gasteiger partial charge >= 0.3 is 0 Å². The Morgan fingerprint density at radius 3 is 2.35 bits per heavy atom. The summed E-state index contributed by atoms with van der Waals surface area (Å²) in [4.78, 5) is 10.0. The number of halogens is 1. The van der Waals surface area contributed by atoms with Crippen molar-refractivity contribution in [1.29, 1.82) is 0 Å². The fraction of sp³-hybridized carbons (Fsp3) is 0.200. The van der Waals surface area contributed by atoms with Crippen LogP contribution in [0.25, 0.3) is 0 Å². The third-order valence-electron chi connectivity index (χ3n) is 3.37. The number of hydrogen-bond acceptors (Lipinski definition) is 4. The van der Waals surface area contributed by atoms with E-state index in [9.17, 15) is 22.9 Å². The second-order valence-corrected chi connectivity index (χ2v) is 6.78. The van der Waals surface area contributed by atoms with Crippen molar-refractivity contribution in [3.05, 3.63) is 69.5 Å². The van der Waals surface area contributed by atoms with Crippen molar-refractivity contribution in [1.82, 2.24) is 4.72 Å². The molecule has 122 valence electrons. The summed E-state index contributed by atoms with van der Waals surface area (Å²) in [5.41, 5.74) is 0.679. The Hall–Kier alpha value is -2.32. The fourth-order valence-electron chi connectivity index (χ4n) is 2.11. The van der Waals surface area contributed by atoms with Gasteiger partial charge in [-0.15, -0.1) is 0 Å². The van der Waals surface area contributed by atoms with E-state index in [0.29, 0.717) is 11.1 Å². The van der Waals surface area contributed by atoms with Gasteiger partial charge in [0.15, 0.2) is 0 Å². The molecule has 0 radical (unpaired) electrons. The third kappa shape index (κ3) is 3.91. The van der Waals surface area contributed by atoms with Crippen molar-refractivity contribution in [2.24, 2.45) is 0 Å². The van der Waals surface area contributed by atoms with Gasteiger partial charge < -0.3 is 0 Å². The van der Waals surface area contributed by atoms with E-state index in [-0.39, 0.29) is 10.6 Å². The molecule has 0 spiro atoms. The molecule has 0 aliphatic heterocycles. The van der Waals surface area contributed by atoms with E-state index in [1.165, 1.54) is 36.4 Å². The van der Waals surface area contributed by atoms with Gasteiger partial charge in [0.25, 0.3) is 5.69 Å². The van der Waals surface area contributed by atoms with Crippen molar-refractivity contribution < 1.29 is 17.7 Å². The van der Waals surface area contributed by atoms with Gasteiger partial charge in [-0.3, -0.25) is 10.1 Å². The summed E-state index contributed by atoms with van der Waals surface area (Å²) in [5.74, 6) is -0.418. The summed E-state index contributed by atoms with van der Waals surface area (Å²) in [6, 6.07) is 8.46. The molecule has 2 aromatic rings. The minimum Gasteiger partial charge on any atom is -0.258 e. The minimum absolute atomic E-state index is 0.152. The molecule has 0 aromatic heterocycles. The lowest BCUT2D eigenvalue weighted by Gasteiger charge is -2.15. The first kappa shape index (κ1) is 17.0. The molecule has 0 aliphatic carbocycles. The maximum atomic E-state index is 12.9. The summed E-state index contributed by atoms with van der Waals surface area (Å²) < 4.78 is 40.3. The van der Waals surface area contributed by atoms with Gasteiger partial charge in [-0.25, -0.2) is 17.5 Å². The number of aryl methyl sites for hydroxylation is 1. The number of rotatable bonds is 5. The Labute approximate surface area is 133 Å². The lowest BCUT2D eigenvalue weighted by Crippen LogP contribution is -2.27. The molecule has 0 bridgehead atoms. The molecule has 0 unspecified atom stereocenters. The van der Waals surface area contributed by atoms with Gasteiger partial charge in [-0.1, -0.05) is 18.2 Å². The van der Waals surface area contributed by atoms with E-state index >= 15 is 0 Å². The highest BCUT2D eigenvalue weighted by molar-refractivity contribution is 7.89. The van der Waals surface area contributed by atoms with Gasteiger partial charge in [-0.05, 0) is 37.1 Å². The van der Waals surface area contributed by atoms with Crippen molar-refractivity contribution >= 4 is 15.7 Å². The van der Waals surface area contributed by atoms with E-state index in [1.807, 2.05) is 0 Å². The second-order valence-electron chi connectivity index (χ2n) is 5.10. The Morgan fingerprint density at radius 2 is 1.78 bits per heavy atom. The molecule has 0 aliphatic rings. The lowest BCUT2D eigenvalue weighted by molar-refractivity contribution is -0.385. The van der Waals surface area contributed by atoms with Gasteiger partial charge in [0.2, 0.25) is 10.0 Å². The number of non-ortho nitro benzene ring substituents is 1. The van der Waals surface area contributed by atoms with Crippen LogP contribution in [-0.4, -0.2) is 13.3 Å². The average molecular weight is 338 g/mol. The first-order valence-corrected chi connectivity index (χ1v) is 8.22. The van der Waals surface area contributed by atoms with Gasteiger partial charge in [0.1, 0.15) is 5.82 Å². The quantitative estimate of drug-likeness (QED) is 0.670. The van der Waals surface area contributed by atoms with Crippen LogP contribution in [0.15, 0.2) is 47.4 Å². The van der Waals surface area contributed by atoms with Crippen molar-refractivity contribution in [2.75, 3.05) is 0 Å². The molecule has 23 heavy (non-hydrogen) atoms. The van der Waals surface area contributed by atoms with Crippen LogP contribution in [0.3, 0.4) is 0 Å². The van der Waals surface area contributed by atoms with E-state index in [1.54, 1.807) is 13.8 Å². The normalized spacial score (nSPS) is 12.8. The average Bonchev–Trinajstić information content (AvgIpc) is 2.47. The Bertz CT molecular complexity index is 835. The summed E-state index contributed by atoms with van der Waals surface area (Å²) in [5, 5.41) is 10.8. The van der Waals surface area contributed by atoms with Crippen molar-refractivity contribution in [2.45, 2.75) is 24.8 Å². The smallest absolute Gasteiger partial charge is 0.258 e. The van der Waals surface area contributed by atoms with E-state index in [2.05, 4.69) is 4.72 Å². The standard InChI is InChI=1S/C15H15FN2O4S/c1-10-3-8-14(18(19)20)9-15(10)23(21,22)17-11(2)12-4-6-13(16)7-5-12/h3-9,11,17H,1-2H3/t11-/m0/s1. The Morgan fingerprint density at radius 1 is 1.17 bits per heavy atom. The number of nitrogens with zero attached hydrogens (tertiary/aromatic N) is 1. The maximum Gasteiger partial charge on any atom is 0.270 e. The molecule has 6 nitrogen and oxygen atoms in total. The SMILES string of the molecule is Cc1ccc([N+](=O)[O-])cc1S(=O)(=O)N[C@@H](C)c1ccc(F)cc1. The van der Waals surface area contributed by atoms with Gasteiger partial charge in [0.05, 0.1) is 9.82 Å². The Balaban J connectivity index is 2.33. The lowest BCUT2D eigenvalue weighted by atomic mass is 10.1. The summed E-state index contributed by atoms with van der Waals surface area (Å²) >= 11 is 0. The molecule has 0 amide bonds. The number of benzene rings is 2. The highest BCUT2D eigenvalue weighted by Crippen LogP contribution is 2.23. The highest BCUT2D eigenvalue weighted by atomic mass is 32.2. The topological polar surface area (TPSA) is 89.3 Å². The molecule has 8 heteroatoms. The Kier molecular flexibility index (Phi) is 4.76. The van der Waals surface area contributed by atoms with E-state index < -0.39 is 26.8 Å². The van der Waals surface area contributed by atoms with Crippen LogP contribution in [0.2, 0.25) is 0 Å². The number of nitro groups is 1. The molecule has 0 heterocycles. The molecular formula is C15H15FN2O4S. The summed E-state index contributed by atoms with van der Waals surface area (Å²) in [7, 11) is -3.95. The first-order chi connectivity index (χ1) is 10.7. The zero-order chi connectivity index (χ0) is 17.2. The second kappa shape index (κ2) is 6.43. The summed E-state index contributed by atoms with van der Waals surface area (Å²) in [6.07, 6.45) is 0. The number of sulfonamides is 1. The van der Waals surface area contributed by atoms with Crippen LogP contribution in [0, 0.1) is 22.9 Å². The highest BCUT2D eigenvalue weighted by Gasteiger charge is 2.23. The van der Waals surface area contributed by atoms with Crippen LogP contribution in [0.4, 0.5) is 10.1 Å². The van der Waals surface area contributed by atoms with E-state index in [4.69, 9.17) is 0 Å². The van der Waals surface area contributed by atoms with Crippen molar-refractivity contribution in [3.8, 4) is 0 Å². The third-order valence-corrected chi connectivity index (χ3v) is 5.06. The fourth-order valence-corrected chi connectivity index (χ4v) is 3.60. The molecule has 0 saturated carbocycles. The summed E-state index contributed by atoms with van der Waals surface area (Å²) in [6.45, 7) is 3.17. The molecule has 2 rings (SSSR count). The predicted molar refractivity (Wildman–Crippen MR) is 83.0 cm³/mol. The molecule has 1 atom stereocenters. The van der Waals surface area contributed by atoms with Crippen LogP contribution < -0.4 is 4.72 Å². The molecule has 1 N–H and O–H groups in total.